The van der Waals surface area contributed by atoms with Gasteiger partial charge < -0.3 is 20.5 Å². The lowest BCUT2D eigenvalue weighted by molar-refractivity contribution is -0.122. The summed E-state index contributed by atoms with van der Waals surface area (Å²) in [5.41, 5.74) is 2.80. The van der Waals surface area contributed by atoms with E-state index in [1.54, 1.807) is 24.3 Å². The highest BCUT2D eigenvalue weighted by atomic mass is 16.2. The zero-order chi connectivity index (χ0) is 22.0. The lowest BCUT2D eigenvalue weighted by Gasteiger charge is -2.15. The van der Waals surface area contributed by atoms with Crippen molar-refractivity contribution in [3.63, 3.8) is 0 Å². The van der Waals surface area contributed by atoms with Gasteiger partial charge in [0.05, 0.1) is 28.8 Å². The van der Waals surface area contributed by atoms with Crippen molar-refractivity contribution in [1.29, 1.82) is 0 Å². The van der Waals surface area contributed by atoms with Crippen LogP contribution in [0.4, 0.5) is 5.69 Å². The van der Waals surface area contributed by atoms with Gasteiger partial charge in [0.2, 0.25) is 11.8 Å². The van der Waals surface area contributed by atoms with Gasteiger partial charge in [0.1, 0.15) is 11.9 Å². The van der Waals surface area contributed by atoms with Crippen LogP contribution in [0.3, 0.4) is 0 Å². The van der Waals surface area contributed by atoms with Gasteiger partial charge in [-0.15, -0.1) is 0 Å². The van der Waals surface area contributed by atoms with Crippen LogP contribution in [0.25, 0.3) is 11.0 Å². The number of imidazole rings is 1. The molecule has 3 amide bonds. The summed E-state index contributed by atoms with van der Waals surface area (Å²) < 4.78 is 2.10. The summed E-state index contributed by atoms with van der Waals surface area (Å²) in [5, 5.41) is 8.35. The van der Waals surface area contributed by atoms with Gasteiger partial charge in [-0.1, -0.05) is 24.3 Å². The van der Waals surface area contributed by atoms with E-state index in [4.69, 9.17) is 0 Å². The van der Waals surface area contributed by atoms with E-state index in [0.717, 1.165) is 16.9 Å². The molecule has 31 heavy (non-hydrogen) atoms. The molecule has 160 valence electrons. The predicted molar refractivity (Wildman–Crippen MR) is 118 cm³/mol. The Kier molecular flexibility index (Phi) is 5.70. The molecule has 1 atom stereocenters. The number of anilines is 1. The van der Waals surface area contributed by atoms with Gasteiger partial charge in [0, 0.05) is 12.5 Å². The monoisotopic (exact) mass is 419 g/mol. The van der Waals surface area contributed by atoms with Crippen molar-refractivity contribution in [3.05, 3.63) is 59.9 Å². The number of rotatable bonds is 6. The van der Waals surface area contributed by atoms with Crippen molar-refractivity contribution in [1.82, 2.24) is 20.2 Å². The summed E-state index contributed by atoms with van der Waals surface area (Å²) in [6, 6.07) is 14.1. The van der Waals surface area contributed by atoms with Gasteiger partial charge in [0.25, 0.3) is 5.91 Å². The van der Waals surface area contributed by atoms with E-state index < -0.39 is 6.04 Å². The average Bonchev–Trinajstić information content (AvgIpc) is 3.08. The van der Waals surface area contributed by atoms with Gasteiger partial charge in [-0.25, -0.2) is 4.98 Å². The molecule has 1 aromatic heterocycles. The summed E-state index contributed by atoms with van der Waals surface area (Å²) in [5.74, 6) is -0.0793. The van der Waals surface area contributed by atoms with Crippen molar-refractivity contribution in [2.75, 3.05) is 5.32 Å². The summed E-state index contributed by atoms with van der Waals surface area (Å²) in [4.78, 5) is 41.9. The molecule has 8 nitrogen and oxygen atoms in total. The number of nitrogens with zero attached hydrogens (tertiary/aromatic N) is 2. The number of carbonyl (C=O) groups is 3. The van der Waals surface area contributed by atoms with Crippen molar-refractivity contribution in [2.45, 2.75) is 45.3 Å². The van der Waals surface area contributed by atoms with Gasteiger partial charge in [0.15, 0.2) is 0 Å². The third-order valence-corrected chi connectivity index (χ3v) is 5.34. The van der Waals surface area contributed by atoms with E-state index in [2.05, 4.69) is 39.3 Å². The topological polar surface area (TPSA) is 105 Å². The smallest absolute Gasteiger partial charge is 0.254 e. The number of hydrogen-bond donors (Lipinski definition) is 3. The fourth-order valence-corrected chi connectivity index (χ4v) is 3.85. The molecule has 0 unspecified atom stereocenters. The first-order valence-corrected chi connectivity index (χ1v) is 10.4. The molecule has 0 saturated carbocycles. The molecule has 8 heteroatoms. The molecule has 3 N–H and O–H groups in total. The first-order valence-electron chi connectivity index (χ1n) is 10.4. The zero-order valence-electron chi connectivity index (χ0n) is 17.5. The molecule has 2 heterocycles. The quantitative estimate of drug-likeness (QED) is 0.571. The van der Waals surface area contributed by atoms with Crippen LogP contribution in [0, 0.1) is 0 Å². The number of nitrogens with one attached hydrogen (secondary N) is 3. The second kappa shape index (κ2) is 8.59. The first kappa shape index (κ1) is 20.6. The maximum Gasteiger partial charge on any atom is 0.254 e. The number of fused-ring (bicyclic) bond motifs is 2. The lowest BCUT2D eigenvalue weighted by atomic mass is 10.1. The molecule has 3 aromatic rings. The third-order valence-electron chi connectivity index (χ3n) is 5.34. The largest absolute Gasteiger partial charge is 0.349 e. The summed E-state index contributed by atoms with van der Waals surface area (Å²) >= 11 is 0. The van der Waals surface area contributed by atoms with Gasteiger partial charge in [-0.2, -0.15) is 0 Å². The van der Waals surface area contributed by atoms with Crippen LogP contribution in [-0.2, 0) is 16.1 Å². The maximum atomic E-state index is 12.5. The fourth-order valence-electron chi connectivity index (χ4n) is 3.85. The lowest BCUT2D eigenvalue weighted by Crippen LogP contribution is -2.42. The van der Waals surface area contributed by atoms with E-state index >= 15 is 0 Å². The number of hydrogen-bond acceptors (Lipinski definition) is 4. The summed E-state index contributed by atoms with van der Waals surface area (Å²) in [7, 11) is 0. The van der Waals surface area contributed by atoms with Gasteiger partial charge in [-0.3, -0.25) is 14.4 Å². The molecule has 0 aliphatic carbocycles. The molecule has 4 rings (SSSR count). The average molecular weight is 419 g/mol. The second-order valence-electron chi connectivity index (χ2n) is 7.86. The van der Waals surface area contributed by atoms with E-state index in [1.807, 2.05) is 24.3 Å². The Hall–Kier alpha value is -3.68. The normalized spacial score (nSPS) is 15.9. The minimum absolute atomic E-state index is 0.108. The second-order valence-corrected chi connectivity index (χ2v) is 7.86. The van der Waals surface area contributed by atoms with Crippen molar-refractivity contribution >= 4 is 34.4 Å². The third kappa shape index (κ3) is 4.28. The molecule has 0 spiro atoms. The number of para-hydroxylation sites is 3. The number of aromatic nitrogens is 2. The van der Waals surface area contributed by atoms with Crippen molar-refractivity contribution in [2.24, 2.45) is 0 Å². The Morgan fingerprint density at radius 3 is 2.68 bits per heavy atom. The van der Waals surface area contributed by atoms with Gasteiger partial charge >= 0.3 is 0 Å². The van der Waals surface area contributed by atoms with Crippen LogP contribution >= 0.6 is 0 Å². The SMILES string of the molecule is CC(C)n1c(CNC(=O)CC[C@@H]2NC(=O)c3ccccc3NC2=O)nc2ccccc21. The van der Waals surface area contributed by atoms with Crippen LogP contribution in [0.2, 0.25) is 0 Å². The van der Waals surface area contributed by atoms with Crippen LogP contribution in [0.1, 0.15) is 48.9 Å². The first-order chi connectivity index (χ1) is 14.9. The van der Waals surface area contributed by atoms with Crippen LogP contribution < -0.4 is 16.0 Å². The molecule has 0 saturated heterocycles. The molecular weight excluding hydrogens is 394 g/mol. The Labute approximate surface area is 180 Å². The number of benzene rings is 2. The molecule has 0 radical (unpaired) electrons. The fraction of sp³-hybridized carbons (Fsp3) is 0.304. The van der Waals surface area contributed by atoms with E-state index in [0.29, 0.717) is 17.8 Å². The summed E-state index contributed by atoms with van der Waals surface area (Å²) in [6.07, 6.45) is 0.314. The molecule has 0 bridgehead atoms. The van der Waals surface area contributed by atoms with Crippen LogP contribution in [0.5, 0.6) is 0 Å². The molecule has 1 aliphatic heterocycles. The van der Waals surface area contributed by atoms with Crippen molar-refractivity contribution in [3.8, 4) is 0 Å². The Bertz CT molecular complexity index is 1150. The highest BCUT2D eigenvalue weighted by Gasteiger charge is 2.27. The van der Waals surface area contributed by atoms with E-state index in [9.17, 15) is 14.4 Å². The van der Waals surface area contributed by atoms with E-state index in [-0.39, 0.29) is 36.6 Å². The number of amides is 3. The minimum atomic E-state index is -0.772. The van der Waals surface area contributed by atoms with Gasteiger partial charge in [-0.05, 0) is 44.5 Å². The zero-order valence-corrected chi connectivity index (χ0v) is 17.5. The van der Waals surface area contributed by atoms with Crippen LogP contribution in [0.15, 0.2) is 48.5 Å². The highest BCUT2D eigenvalue weighted by molar-refractivity contribution is 6.09. The summed E-state index contributed by atoms with van der Waals surface area (Å²) in [6.45, 7) is 4.44. The Morgan fingerprint density at radius 1 is 1.13 bits per heavy atom. The molecular formula is C23H25N5O3. The Morgan fingerprint density at radius 2 is 1.87 bits per heavy atom. The van der Waals surface area contributed by atoms with Crippen LogP contribution in [-0.4, -0.2) is 33.3 Å². The molecule has 1 aliphatic rings. The highest BCUT2D eigenvalue weighted by Crippen LogP contribution is 2.21. The predicted octanol–water partition coefficient (Wildman–Crippen LogP) is 2.76. The molecule has 0 fully saturated rings. The number of carbonyl (C=O) groups excluding carboxylic acids is 3. The van der Waals surface area contributed by atoms with Crippen molar-refractivity contribution < 1.29 is 14.4 Å². The van der Waals surface area contributed by atoms with E-state index in [1.165, 1.54) is 0 Å². The molecule has 2 aromatic carbocycles. The maximum absolute atomic E-state index is 12.5. The Balaban J connectivity index is 1.37. The minimum Gasteiger partial charge on any atom is -0.349 e. The standard InChI is InChI=1S/C23H25N5O3/c1-14(2)28-19-10-6-5-9-17(19)25-20(28)13-24-21(29)12-11-18-23(31)26-16-8-4-3-7-15(16)22(30)27-18/h3-10,14,18H,11-13H2,1-2H3,(H,24,29)(H,26,31)(H,27,30)/t18-/m0/s1.